The van der Waals surface area contributed by atoms with Crippen LogP contribution in [0, 0.1) is 22.7 Å². The summed E-state index contributed by atoms with van der Waals surface area (Å²) in [6.45, 7) is 0. The van der Waals surface area contributed by atoms with Gasteiger partial charge in [0.2, 0.25) is 0 Å². The molecule has 0 aliphatic heterocycles. The summed E-state index contributed by atoms with van der Waals surface area (Å²) in [4.78, 5) is 10.7. The highest BCUT2D eigenvalue weighted by Gasteiger charge is 2.18. The number of methoxy groups -OCH3 is 2. The average Bonchev–Trinajstić information content (AvgIpc) is 2.12. The predicted molar refractivity (Wildman–Crippen MR) is 40.5 cm³/mol. The Hall–Kier alpha value is -1.57. The number of nitriles is 1. The average molecular weight is 170 g/mol. The number of carbonyl (C=O) groups is 1. The SMILES string of the molecule is COC(=N)C(C#N)CC(=O)OC. The Labute approximate surface area is 70.4 Å². The fourth-order valence-corrected chi connectivity index (χ4v) is 0.589. The zero-order chi connectivity index (χ0) is 9.56. The maximum absolute atomic E-state index is 10.7. The lowest BCUT2D eigenvalue weighted by Gasteiger charge is -2.06. The van der Waals surface area contributed by atoms with Gasteiger partial charge in [-0.2, -0.15) is 5.26 Å². The van der Waals surface area contributed by atoms with E-state index in [9.17, 15) is 4.79 Å². The van der Waals surface area contributed by atoms with Gasteiger partial charge in [-0.25, -0.2) is 0 Å². The Morgan fingerprint density at radius 1 is 1.58 bits per heavy atom. The predicted octanol–water partition coefficient (Wildman–Crippen LogP) is 0.313. The molecule has 0 aliphatic rings. The minimum atomic E-state index is -0.845. The normalized spacial score (nSPS) is 11.1. The zero-order valence-corrected chi connectivity index (χ0v) is 6.96. The number of rotatable bonds is 3. The molecule has 0 radical (unpaired) electrons. The topological polar surface area (TPSA) is 83.2 Å². The summed E-state index contributed by atoms with van der Waals surface area (Å²) < 4.78 is 8.84. The van der Waals surface area contributed by atoms with Gasteiger partial charge < -0.3 is 9.47 Å². The van der Waals surface area contributed by atoms with E-state index in [1.807, 2.05) is 0 Å². The molecule has 5 nitrogen and oxygen atoms in total. The lowest BCUT2D eigenvalue weighted by Crippen LogP contribution is -2.18. The number of esters is 1. The van der Waals surface area contributed by atoms with Gasteiger partial charge in [-0.3, -0.25) is 10.2 Å². The van der Waals surface area contributed by atoms with Crippen LogP contribution < -0.4 is 0 Å². The van der Waals surface area contributed by atoms with Crippen LogP contribution >= 0.6 is 0 Å². The van der Waals surface area contributed by atoms with Crippen molar-refractivity contribution in [1.82, 2.24) is 0 Å². The highest BCUT2D eigenvalue weighted by atomic mass is 16.5. The van der Waals surface area contributed by atoms with Gasteiger partial charge in [0.1, 0.15) is 5.92 Å². The van der Waals surface area contributed by atoms with Crippen molar-refractivity contribution in [2.75, 3.05) is 14.2 Å². The van der Waals surface area contributed by atoms with Crippen molar-refractivity contribution in [2.24, 2.45) is 5.92 Å². The first-order valence-electron chi connectivity index (χ1n) is 3.24. The molecule has 0 aromatic rings. The van der Waals surface area contributed by atoms with Crippen molar-refractivity contribution in [3.63, 3.8) is 0 Å². The summed E-state index contributed by atoms with van der Waals surface area (Å²) in [5, 5.41) is 15.6. The van der Waals surface area contributed by atoms with E-state index >= 15 is 0 Å². The molecule has 0 rings (SSSR count). The minimum Gasteiger partial charge on any atom is -0.483 e. The maximum atomic E-state index is 10.7. The van der Waals surface area contributed by atoms with Crippen LogP contribution in [-0.2, 0) is 14.3 Å². The highest BCUT2D eigenvalue weighted by Crippen LogP contribution is 2.04. The largest absolute Gasteiger partial charge is 0.483 e. The molecule has 0 aromatic carbocycles. The molecule has 0 aromatic heterocycles. The van der Waals surface area contributed by atoms with Crippen LogP contribution in [0.3, 0.4) is 0 Å². The molecule has 66 valence electrons. The Morgan fingerprint density at radius 3 is 2.50 bits per heavy atom. The van der Waals surface area contributed by atoms with E-state index in [1.54, 1.807) is 6.07 Å². The van der Waals surface area contributed by atoms with Crippen LogP contribution in [0.2, 0.25) is 0 Å². The fraction of sp³-hybridized carbons (Fsp3) is 0.571. The monoisotopic (exact) mass is 170 g/mol. The summed E-state index contributed by atoms with van der Waals surface area (Å²) in [6, 6.07) is 1.77. The van der Waals surface area contributed by atoms with Gasteiger partial charge in [0.25, 0.3) is 0 Å². The van der Waals surface area contributed by atoms with Crippen LogP contribution in [0.4, 0.5) is 0 Å². The molecule has 1 unspecified atom stereocenters. The smallest absolute Gasteiger partial charge is 0.307 e. The lowest BCUT2D eigenvalue weighted by molar-refractivity contribution is -0.140. The standard InChI is InChI=1S/C7H10N2O3/c1-11-6(10)3-5(4-8)7(9)12-2/h5,9H,3H2,1-2H3. The van der Waals surface area contributed by atoms with Crippen LogP contribution in [-0.4, -0.2) is 26.1 Å². The maximum Gasteiger partial charge on any atom is 0.307 e. The van der Waals surface area contributed by atoms with Crippen LogP contribution in [0.5, 0.6) is 0 Å². The van der Waals surface area contributed by atoms with Gasteiger partial charge >= 0.3 is 5.97 Å². The van der Waals surface area contributed by atoms with Gasteiger partial charge in [-0.1, -0.05) is 0 Å². The van der Waals surface area contributed by atoms with E-state index in [2.05, 4.69) is 9.47 Å². The van der Waals surface area contributed by atoms with E-state index in [0.29, 0.717) is 0 Å². The third-order valence-electron chi connectivity index (χ3n) is 1.29. The molecule has 0 bridgehead atoms. The molecule has 1 N–H and O–H groups in total. The van der Waals surface area contributed by atoms with Crippen molar-refractivity contribution < 1.29 is 14.3 Å². The first-order valence-corrected chi connectivity index (χ1v) is 3.24. The number of hydrogen-bond acceptors (Lipinski definition) is 5. The summed E-state index contributed by atoms with van der Waals surface area (Å²) in [5.41, 5.74) is 0. The van der Waals surface area contributed by atoms with Crippen molar-refractivity contribution in [1.29, 1.82) is 10.7 Å². The number of nitrogens with one attached hydrogen (secondary N) is 1. The lowest BCUT2D eigenvalue weighted by atomic mass is 10.1. The summed E-state index contributed by atoms with van der Waals surface area (Å²) in [6.07, 6.45) is -0.139. The second-order valence-corrected chi connectivity index (χ2v) is 2.03. The van der Waals surface area contributed by atoms with Gasteiger partial charge in [-0.15, -0.1) is 0 Å². The van der Waals surface area contributed by atoms with E-state index in [0.717, 1.165) is 0 Å². The first kappa shape index (κ1) is 10.4. The Balaban J connectivity index is 4.11. The van der Waals surface area contributed by atoms with E-state index in [4.69, 9.17) is 10.7 Å². The third-order valence-corrected chi connectivity index (χ3v) is 1.29. The molecule has 0 spiro atoms. The fourth-order valence-electron chi connectivity index (χ4n) is 0.589. The molecule has 5 heteroatoms. The molecule has 0 heterocycles. The Bertz CT molecular complexity index is 219. The molecule has 1 atom stereocenters. The second-order valence-electron chi connectivity index (χ2n) is 2.03. The minimum absolute atomic E-state index is 0.139. The number of nitrogens with zero attached hydrogens (tertiary/aromatic N) is 1. The summed E-state index contributed by atoms with van der Waals surface area (Å²) in [7, 11) is 2.51. The van der Waals surface area contributed by atoms with E-state index < -0.39 is 11.9 Å². The van der Waals surface area contributed by atoms with Crippen LogP contribution in [0.25, 0.3) is 0 Å². The van der Waals surface area contributed by atoms with Crippen molar-refractivity contribution in [3.8, 4) is 6.07 Å². The van der Waals surface area contributed by atoms with Gasteiger partial charge in [0, 0.05) is 0 Å². The molecule has 0 saturated heterocycles. The zero-order valence-electron chi connectivity index (χ0n) is 6.96. The molecule has 0 saturated carbocycles. The summed E-state index contributed by atoms with van der Waals surface area (Å²) >= 11 is 0. The Morgan fingerprint density at radius 2 is 2.17 bits per heavy atom. The molecule has 12 heavy (non-hydrogen) atoms. The van der Waals surface area contributed by atoms with Crippen LogP contribution in [0.15, 0.2) is 0 Å². The van der Waals surface area contributed by atoms with Gasteiger partial charge in [0.05, 0.1) is 26.7 Å². The number of hydrogen-bond donors (Lipinski definition) is 1. The second kappa shape index (κ2) is 5.13. The van der Waals surface area contributed by atoms with Gasteiger partial charge in [-0.05, 0) is 0 Å². The quantitative estimate of drug-likeness (QED) is 0.375. The molecule has 0 aliphatic carbocycles. The molecule has 0 fully saturated rings. The van der Waals surface area contributed by atoms with Crippen LogP contribution in [0.1, 0.15) is 6.42 Å². The van der Waals surface area contributed by atoms with E-state index in [-0.39, 0.29) is 12.3 Å². The third kappa shape index (κ3) is 3.01. The molecular formula is C7H10N2O3. The molecular weight excluding hydrogens is 160 g/mol. The number of ether oxygens (including phenoxy) is 2. The first-order chi connectivity index (χ1) is 5.65. The van der Waals surface area contributed by atoms with Crippen molar-refractivity contribution in [2.45, 2.75) is 6.42 Å². The van der Waals surface area contributed by atoms with Crippen molar-refractivity contribution in [3.05, 3.63) is 0 Å². The highest BCUT2D eigenvalue weighted by molar-refractivity contribution is 5.83. The Kier molecular flexibility index (Phi) is 4.46. The summed E-state index contributed by atoms with van der Waals surface area (Å²) in [5.74, 6) is -1.59. The van der Waals surface area contributed by atoms with Crippen molar-refractivity contribution >= 4 is 11.9 Å². The molecule has 0 amide bonds. The van der Waals surface area contributed by atoms with E-state index in [1.165, 1.54) is 14.2 Å². The van der Waals surface area contributed by atoms with Gasteiger partial charge in [0.15, 0.2) is 5.90 Å². The number of carbonyl (C=O) groups excluding carboxylic acids is 1.